The van der Waals surface area contributed by atoms with Crippen LogP contribution < -0.4 is 5.32 Å². The lowest BCUT2D eigenvalue weighted by atomic mass is 10.1. The maximum atomic E-state index is 13.5. The first-order chi connectivity index (χ1) is 8.24. The van der Waals surface area contributed by atoms with Crippen molar-refractivity contribution in [1.29, 1.82) is 0 Å². The normalized spacial score (nSPS) is 15.6. The number of hydrogen-bond acceptors (Lipinski definition) is 2. The van der Waals surface area contributed by atoms with Crippen LogP contribution in [0.3, 0.4) is 0 Å². The number of benzene rings is 1. The van der Waals surface area contributed by atoms with Crippen molar-refractivity contribution in [1.82, 2.24) is 5.32 Å². The van der Waals surface area contributed by atoms with E-state index in [9.17, 15) is 8.78 Å². The molecule has 0 radical (unpaired) electrons. The maximum absolute atomic E-state index is 13.5. The monoisotopic (exact) mass is 253 g/mol. The van der Waals surface area contributed by atoms with Crippen LogP contribution in [0.5, 0.6) is 0 Å². The smallest absolute Gasteiger partial charge is 0.143 e. The lowest BCUT2D eigenvalue weighted by molar-refractivity contribution is 0.593. The van der Waals surface area contributed by atoms with E-state index >= 15 is 0 Å². The first-order valence-corrected chi connectivity index (χ1v) is 6.70. The fraction of sp³-hybridized carbons (Fsp3) is 0.385. The van der Waals surface area contributed by atoms with Crippen LogP contribution in [-0.4, -0.2) is 12.6 Å². The van der Waals surface area contributed by atoms with Crippen LogP contribution in [0.15, 0.2) is 17.5 Å². The average Bonchev–Trinajstić information content (AvgIpc) is 3.01. The Morgan fingerprint density at radius 3 is 2.88 bits per heavy atom. The molecule has 3 rings (SSSR count). The zero-order valence-corrected chi connectivity index (χ0v) is 10.1. The van der Waals surface area contributed by atoms with E-state index < -0.39 is 11.6 Å². The molecule has 0 atom stereocenters. The quantitative estimate of drug-likeness (QED) is 0.879. The molecular weight excluding hydrogens is 240 g/mol. The minimum atomic E-state index is -0.496. The minimum absolute atomic E-state index is 0.452. The SMILES string of the molecule is Fc1cc(F)c2scc(CCNC3CC3)c2c1. The Kier molecular flexibility index (Phi) is 2.84. The molecule has 90 valence electrons. The molecule has 1 aliphatic carbocycles. The molecule has 0 spiro atoms. The molecule has 1 aromatic carbocycles. The van der Waals surface area contributed by atoms with Crippen molar-refractivity contribution in [3.63, 3.8) is 0 Å². The zero-order valence-electron chi connectivity index (χ0n) is 9.30. The van der Waals surface area contributed by atoms with Gasteiger partial charge in [0.25, 0.3) is 0 Å². The van der Waals surface area contributed by atoms with Gasteiger partial charge in [-0.15, -0.1) is 11.3 Å². The second kappa shape index (κ2) is 4.35. The highest BCUT2D eigenvalue weighted by Crippen LogP contribution is 2.29. The van der Waals surface area contributed by atoms with Gasteiger partial charge >= 0.3 is 0 Å². The third kappa shape index (κ3) is 2.33. The molecule has 1 heterocycles. The molecule has 1 N–H and O–H groups in total. The number of fused-ring (bicyclic) bond motifs is 1. The van der Waals surface area contributed by atoms with Crippen molar-refractivity contribution in [2.24, 2.45) is 0 Å². The van der Waals surface area contributed by atoms with E-state index in [2.05, 4.69) is 5.32 Å². The Labute approximate surface area is 102 Å². The van der Waals surface area contributed by atoms with E-state index in [1.807, 2.05) is 5.38 Å². The van der Waals surface area contributed by atoms with Crippen LogP contribution in [0, 0.1) is 11.6 Å². The van der Waals surface area contributed by atoms with Crippen molar-refractivity contribution in [2.75, 3.05) is 6.54 Å². The van der Waals surface area contributed by atoms with E-state index in [1.54, 1.807) is 0 Å². The van der Waals surface area contributed by atoms with Gasteiger partial charge in [-0.05, 0) is 42.8 Å². The van der Waals surface area contributed by atoms with E-state index in [0.29, 0.717) is 10.7 Å². The average molecular weight is 253 g/mol. The molecule has 0 bridgehead atoms. The standard InChI is InChI=1S/C13H13F2NS/c14-9-5-11-8(3-4-16-10-1-2-10)7-17-13(11)12(15)6-9/h5-7,10,16H,1-4H2. The van der Waals surface area contributed by atoms with Crippen molar-refractivity contribution in [2.45, 2.75) is 25.3 Å². The van der Waals surface area contributed by atoms with Crippen molar-refractivity contribution < 1.29 is 8.78 Å². The summed E-state index contributed by atoms with van der Waals surface area (Å²) in [5.74, 6) is -0.948. The maximum Gasteiger partial charge on any atom is 0.143 e. The lowest BCUT2D eigenvalue weighted by Gasteiger charge is -2.02. The number of thiophene rings is 1. The molecule has 17 heavy (non-hydrogen) atoms. The second-order valence-corrected chi connectivity index (χ2v) is 5.38. The van der Waals surface area contributed by atoms with Crippen LogP contribution in [0.25, 0.3) is 10.1 Å². The molecule has 0 aliphatic heterocycles. The summed E-state index contributed by atoms with van der Waals surface area (Å²) in [5, 5.41) is 6.07. The van der Waals surface area contributed by atoms with Crippen LogP contribution >= 0.6 is 11.3 Å². The Hall–Kier alpha value is -1.00. The fourth-order valence-electron chi connectivity index (χ4n) is 2.00. The highest BCUT2D eigenvalue weighted by molar-refractivity contribution is 7.17. The van der Waals surface area contributed by atoms with Crippen molar-refractivity contribution in [3.8, 4) is 0 Å². The van der Waals surface area contributed by atoms with Gasteiger partial charge in [0.1, 0.15) is 11.6 Å². The summed E-state index contributed by atoms with van der Waals surface area (Å²) in [6.45, 7) is 0.884. The van der Waals surface area contributed by atoms with Crippen LogP contribution in [0.4, 0.5) is 8.78 Å². The Morgan fingerprint density at radius 2 is 2.12 bits per heavy atom. The van der Waals surface area contributed by atoms with Gasteiger partial charge in [0, 0.05) is 17.5 Å². The number of hydrogen-bond donors (Lipinski definition) is 1. The first kappa shape index (κ1) is 11.1. The van der Waals surface area contributed by atoms with Gasteiger partial charge in [-0.3, -0.25) is 0 Å². The summed E-state index contributed by atoms with van der Waals surface area (Å²) in [4.78, 5) is 0. The molecule has 1 saturated carbocycles. The van der Waals surface area contributed by atoms with Gasteiger partial charge in [-0.25, -0.2) is 8.78 Å². The largest absolute Gasteiger partial charge is 0.314 e. The van der Waals surface area contributed by atoms with Gasteiger partial charge < -0.3 is 5.32 Å². The van der Waals surface area contributed by atoms with Gasteiger partial charge in [-0.2, -0.15) is 0 Å². The van der Waals surface area contributed by atoms with Crippen molar-refractivity contribution >= 4 is 21.4 Å². The van der Waals surface area contributed by atoms with Gasteiger partial charge in [0.15, 0.2) is 0 Å². The third-order valence-electron chi connectivity index (χ3n) is 3.08. The Bertz CT molecular complexity index is 546. The van der Waals surface area contributed by atoms with Crippen LogP contribution in [-0.2, 0) is 6.42 Å². The molecule has 1 aliphatic rings. The van der Waals surface area contributed by atoms with Gasteiger partial charge in [0.05, 0.1) is 4.70 Å². The number of halogens is 2. The molecular formula is C13H13F2NS. The zero-order chi connectivity index (χ0) is 11.8. The third-order valence-corrected chi connectivity index (χ3v) is 4.13. The first-order valence-electron chi connectivity index (χ1n) is 5.82. The van der Waals surface area contributed by atoms with Gasteiger partial charge in [-0.1, -0.05) is 0 Å². The predicted molar refractivity (Wildman–Crippen MR) is 66.5 cm³/mol. The predicted octanol–water partition coefficient (Wildman–Crippen LogP) is 3.47. The summed E-state index contributed by atoms with van der Waals surface area (Å²) in [7, 11) is 0. The molecule has 1 nitrogen and oxygen atoms in total. The minimum Gasteiger partial charge on any atom is -0.314 e. The summed E-state index contributed by atoms with van der Waals surface area (Å²) >= 11 is 1.35. The number of rotatable bonds is 4. The summed E-state index contributed by atoms with van der Waals surface area (Å²) in [5.41, 5.74) is 1.04. The highest BCUT2D eigenvalue weighted by Gasteiger charge is 2.20. The summed E-state index contributed by atoms with van der Waals surface area (Å²) in [6.07, 6.45) is 3.35. The number of nitrogens with one attached hydrogen (secondary N) is 1. The van der Waals surface area contributed by atoms with E-state index in [1.165, 1.54) is 30.2 Å². The molecule has 2 aromatic rings. The summed E-state index contributed by atoms with van der Waals surface area (Å²) < 4.78 is 27.2. The fourth-order valence-corrected chi connectivity index (χ4v) is 3.00. The Balaban J connectivity index is 1.83. The van der Waals surface area contributed by atoms with E-state index in [-0.39, 0.29) is 0 Å². The summed E-state index contributed by atoms with van der Waals surface area (Å²) in [6, 6.07) is 3.06. The molecule has 0 saturated heterocycles. The molecule has 0 unspecified atom stereocenters. The van der Waals surface area contributed by atoms with Crippen molar-refractivity contribution in [3.05, 3.63) is 34.7 Å². The van der Waals surface area contributed by atoms with Crippen LogP contribution in [0.2, 0.25) is 0 Å². The van der Waals surface area contributed by atoms with Gasteiger partial charge in [0.2, 0.25) is 0 Å². The van der Waals surface area contributed by atoms with E-state index in [4.69, 9.17) is 0 Å². The Morgan fingerprint density at radius 1 is 1.29 bits per heavy atom. The topological polar surface area (TPSA) is 12.0 Å². The highest BCUT2D eigenvalue weighted by atomic mass is 32.1. The lowest BCUT2D eigenvalue weighted by Crippen LogP contribution is -2.19. The molecule has 1 aromatic heterocycles. The second-order valence-electron chi connectivity index (χ2n) is 4.50. The van der Waals surface area contributed by atoms with Crippen LogP contribution in [0.1, 0.15) is 18.4 Å². The molecule has 1 fully saturated rings. The van der Waals surface area contributed by atoms with E-state index in [0.717, 1.165) is 30.0 Å². The molecule has 0 amide bonds. The molecule has 4 heteroatoms.